The van der Waals surface area contributed by atoms with Crippen LogP contribution < -0.4 is 5.32 Å². The summed E-state index contributed by atoms with van der Waals surface area (Å²) in [4.78, 5) is 19.7. The van der Waals surface area contributed by atoms with Crippen LogP contribution in [0.15, 0.2) is 47.5 Å². The maximum atomic E-state index is 13.5. The molecule has 0 spiro atoms. The molecule has 160 valence electrons. The van der Waals surface area contributed by atoms with Gasteiger partial charge in [0.2, 0.25) is 0 Å². The van der Waals surface area contributed by atoms with E-state index in [1.165, 1.54) is 35.3 Å². The van der Waals surface area contributed by atoms with Gasteiger partial charge in [-0.15, -0.1) is 11.3 Å². The second kappa shape index (κ2) is 9.61. The summed E-state index contributed by atoms with van der Waals surface area (Å²) in [5.74, 6) is -0.0390. The summed E-state index contributed by atoms with van der Waals surface area (Å²) in [6.45, 7) is 6.16. The number of nitrogens with zero attached hydrogens (tertiary/aromatic N) is 1. The van der Waals surface area contributed by atoms with Gasteiger partial charge in [-0.25, -0.2) is 4.99 Å². The molecule has 0 saturated carbocycles. The molecule has 4 rings (SSSR count). The zero-order valence-corrected chi connectivity index (χ0v) is 19.4. The normalized spacial score (nSPS) is 14.2. The lowest BCUT2D eigenvalue weighted by molar-refractivity contribution is 0.102. The third kappa shape index (κ3) is 5.13. The number of thiophene rings is 1. The van der Waals surface area contributed by atoms with Crippen molar-refractivity contribution in [3.8, 4) is 0 Å². The third-order valence-corrected chi connectivity index (χ3v) is 7.13. The molecule has 1 N–H and O–H groups in total. The van der Waals surface area contributed by atoms with Crippen LogP contribution in [-0.2, 0) is 12.8 Å². The minimum Gasteiger partial charge on any atom is -0.322 e. The Morgan fingerprint density at radius 3 is 2.42 bits per heavy atom. The predicted molar refractivity (Wildman–Crippen MR) is 132 cm³/mol. The highest BCUT2D eigenvalue weighted by atomic mass is 32.1. The van der Waals surface area contributed by atoms with Gasteiger partial charge in [-0.2, -0.15) is 0 Å². The zero-order valence-electron chi connectivity index (χ0n) is 18.6. The molecule has 1 aromatic heterocycles. The van der Waals surface area contributed by atoms with Crippen molar-refractivity contribution in [1.82, 2.24) is 0 Å². The Morgan fingerprint density at radius 1 is 0.935 bits per heavy atom. The number of carbonyl (C=O) groups excluding carboxylic acids is 1. The maximum absolute atomic E-state index is 13.5. The lowest BCUT2D eigenvalue weighted by atomic mass is 9.96. The van der Waals surface area contributed by atoms with Crippen LogP contribution in [0.5, 0.6) is 0 Å². The molecule has 0 aliphatic heterocycles. The highest BCUT2D eigenvalue weighted by Crippen LogP contribution is 2.39. The quantitative estimate of drug-likeness (QED) is 0.432. The molecular formula is C27H30N2OS. The zero-order chi connectivity index (χ0) is 21.8. The molecule has 0 bridgehead atoms. The number of benzene rings is 2. The van der Waals surface area contributed by atoms with E-state index in [0.717, 1.165) is 52.2 Å². The molecule has 0 unspecified atom stereocenters. The van der Waals surface area contributed by atoms with Gasteiger partial charge in [0.1, 0.15) is 5.00 Å². The van der Waals surface area contributed by atoms with Gasteiger partial charge in [0.15, 0.2) is 0 Å². The van der Waals surface area contributed by atoms with Gasteiger partial charge in [0, 0.05) is 16.8 Å². The molecule has 1 amide bonds. The fraction of sp³-hybridized carbons (Fsp3) is 0.333. The highest BCUT2D eigenvalue weighted by Gasteiger charge is 2.24. The van der Waals surface area contributed by atoms with E-state index in [9.17, 15) is 4.79 Å². The number of aliphatic imine (C=N–C) groups is 1. The third-order valence-electron chi connectivity index (χ3n) is 5.93. The fourth-order valence-corrected chi connectivity index (χ4v) is 5.30. The monoisotopic (exact) mass is 430 g/mol. The predicted octanol–water partition coefficient (Wildman–Crippen LogP) is 7.34. The van der Waals surface area contributed by atoms with Gasteiger partial charge in [-0.1, -0.05) is 54.8 Å². The first-order chi connectivity index (χ1) is 15.0. The second-order valence-corrected chi connectivity index (χ2v) is 9.62. The van der Waals surface area contributed by atoms with Gasteiger partial charge in [0.25, 0.3) is 5.91 Å². The minimum absolute atomic E-state index is 0.0390. The molecule has 2 aromatic carbocycles. The Bertz CT molecular complexity index is 1110. The topological polar surface area (TPSA) is 41.5 Å². The number of fused-ring (bicyclic) bond motifs is 1. The van der Waals surface area contributed by atoms with Crippen molar-refractivity contribution in [3.63, 3.8) is 0 Å². The molecule has 1 aliphatic carbocycles. The van der Waals surface area contributed by atoms with E-state index in [2.05, 4.69) is 48.6 Å². The summed E-state index contributed by atoms with van der Waals surface area (Å²) in [7, 11) is 0. The number of hydrogen-bond acceptors (Lipinski definition) is 3. The van der Waals surface area contributed by atoms with Gasteiger partial charge in [-0.05, 0) is 74.8 Å². The standard InChI is InChI=1S/C27H30N2OS/c1-18-11-14-21(15-12-18)17-28-27-25(22-8-6-4-5-7-9-24(22)31-27)26(30)29-23-16-19(2)10-13-20(23)3/h10-17H,4-9H2,1-3H3,(H,29,30). The molecule has 3 nitrogen and oxygen atoms in total. The molecule has 31 heavy (non-hydrogen) atoms. The van der Waals surface area contributed by atoms with Crippen LogP contribution in [-0.4, -0.2) is 12.1 Å². The largest absolute Gasteiger partial charge is 0.322 e. The van der Waals surface area contributed by atoms with Gasteiger partial charge < -0.3 is 5.32 Å². The Morgan fingerprint density at radius 2 is 1.65 bits per heavy atom. The molecule has 1 heterocycles. The second-order valence-electron chi connectivity index (χ2n) is 8.54. The summed E-state index contributed by atoms with van der Waals surface area (Å²) in [6.07, 6.45) is 8.71. The molecule has 1 aliphatic rings. The number of carbonyl (C=O) groups is 1. The Balaban J connectivity index is 1.72. The molecule has 0 fully saturated rings. The number of aryl methyl sites for hydroxylation is 4. The van der Waals surface area contributed by atoms with Crippen LogP contribution in [0.1, 0.15) is 68.7 Å². The summed E-state index contributed by atoms with van der Waals surface area (Å²) < 4.78 is 0. The Labute approximate surface area is 189 Å². The number of hydrogen-bond donors (Lipinski definition) is 1. The first-order valence-corrected chi connectivity index (χ1v) is 12.0. The maximum Gasteiger partial charge on any atom is 0.259 e. The van der Waals surface area contributed by atoms with Gasteiger partial charge >= 0.3 is 0 Å². The lowest BCUT2D eigenvalue weighted by Crippen LogP contribution is -2.15. The van der Waals surface area contributed by atoms with Crippen molar-refractivity contribution in [2.45, 2.75) is 59.3 Å². The number of nitrogens with one attached hydrogen (secondary N) is 1. The molecule has 0 radical (unpaired) electrons. The molecule has 4 heteroatoms. The van der Waals surface area contributed by atoms with Crippen LogP contribution >= 0.6 is 11.3 Å². The molecule has 3 aromatic rings. The van der Waals surface area contributed by atoms with Crippen LogP contribution in [0.3, 0.4) is 0 Å². The van der Waals surface area contributed by atoms with Crippen LogP contribution in [0.4, 0.5) is 10.7 Å². The van der Waals surface area contributed by atoms with E-state index in [1.54, 1.807) is 11.3 Å². The van der Waals surface area contributed by atoms with Crippen molar-refractivity contribution < 1.29 is 4.79 Å². The van der Waals surface area contributed by atoms with Gasteiger partial charge in [-0.3, -0.25) is 4.79 Å². The SMILES string of the molecule is Cc1ccc(C=Nc2sc3c(c2C(=O)Nc2cc(C)ccc2C)CCCCCC3)cc1. The van der Waals surface area contributed by atoms with Crippen molar-refractivity contribution >= 4 is 34.1 Å². The van der Waals surface area contributed by atoms with Crippen molar-refractivity contribution in [1.29, 1.82) is 0 Å². The average Bonchev–Trinajstić information content (AvgIpc) is 3.06. The molecular weight excluding hydrogens is 400 g/mol. The van der Waals surface area contributed by atoms with E-state index in [1.807, 2.05) is 26.1 Å². The van der Waals surface area contributed by atoms with Crippen LogP contribution in [0.25, 0.3) is 0 Å². The lowest BCUT2D eigenvalue weighted by Gasteiger charge is -2.13. The highest BCUT2D eigenvalue weighted by molar-refractivity contribution is 7.16. The smallest absolute Gasteiger partial charge is 0.259 e. The summed E-state index contributed by atoms with van der Waals surface area (Å²) in [6, 6.07) is 14.5. The molecule has 0 atom stereocenters. The van der Waals surface area contributed by atoms with Crippen molar-refractivity contribution in [2.75, 3.05) is 5.32 Å². The van der Waals surface area contributed by atoms with E-state index in [-0.39, 0.29) is 5.91 Å². The van der Waals surface area contributed by atoms with Crippen molar-refractivity contribution in [3.05, 3.63) is 80.7 Å². The summed E-state index contributed by atoms with van der Waals surface area (Å²) >= 11 is 1.69. The Kier molecular flexibility index (Phi) is 6.67. The minimum atomic E-state index is -0.0390. The number of amides is 1. The summed E-state index contributed by atoms with van der Waals surface area (Å²) in [5, 5.41) is 4.01. The molecule has 0 saturated heterocycles. The van der Waals surface area contributed by atoms with Crippen LogP contribution in [0, 0.1) is 20.8 Å². The number of anilines is 1. The fourth-order valence-electron chi connectivity index (χ4n) is 4.07. The van der Waals surface area contributed by atoms with E-state index in [0.29, 0.717) is 0 Å². The van der Waals surface area contributed by atoms with Crippen molar-refractivity contribution in [2.24, 2.45) is 4.99 Å². The first kappa shape index (κ1) is 21.5. The van der Waals surface area contributed by atoms with E-state index in [4.69, 9.17) is 4.99 Å². The van der Waals surface area contributed by atoms with E-state index >= 15 is 0 Å². The van der Waals surface area contributed by atoms with Gasteiger partial charge in [0.05, 0.1) is 5.56 Å². The Hall–Kier alpha value is -2.72. The summed E-state index contributed by atoms with van der Waals surface area (Å²) in [5.41, 5.74) is 7.34. The number of rotatable bonds is 4. The van der Waals surface area contributed by atoms with E-state index < -0.39 is 0 Å². The first-order valence-electron chi connectivity index (χ1n) is 11.1. The average molecular weight is 431 g/mol. The van der Waals surface area contributed by atoms with Crippen LogP contribution in [0.2, 0.25) is 0 Å².